The van der Waals surface area contributed by atoms with Gasteiger partial charge in [-0.25, -0.2) is 4.98 Å². The largest absolute Gasteiger partial charge is 0.497 e. The van der Waals surface area contributed by atoms with E-state index in [0.29, 0.717) is 12.5 Å². The van der Waals surface area contributed by atoms with E-state index in [1.807, 2.05) is 37.3 Å². The van der Waals surface area contributed by atoms with E-state index in [1.165, 1.54) is 5.69 Å². The summed E-state index contributed by atoms with van der Waals surface area (Å²) in [6.45, 7) is 6.35. The van der Waals surface area contributed by atoms with Gasteiger partial charge in [0.25, 0.3) is 0 Å². The second-order valence-electron chi connectivity index (χ2n) is 7.04. The zero-order chi connectivity index (χ0) is 20.1. The van der Waals surface area contributed by atoms with E-state index in [-0.39, 0.29) is 0 Å². The number of nitrogens with zero attached hydrogens (tertiary/aromatic N) is 5. The summed E-state index contributed by atoms with van der Waals surface area (Å²) < 4.78 is 5.25. The van der Waals surface area contributed by atoms with E-state index in [4.69, 9.17) is 9.72 Å². The molecule has 0 radical (unpaired) electrons. The number of hydrogen-bond acceptors (Lipinski definition) is 7. The Morgan fingerprint density at radius 2 is 1.72 bits per heavy atom. The van der Waals surface area contributed by atoms with Gasteiger partial charge in [-0.1, -0.05) is 6.07 Å². The number of anilines is 3. The first-order valence-electron chi connectivity index (χ1n) is 9.85. The van der Waals surface area contributed by atoms with E-state index in [1.54, 1.807) is 13.3 Å². The third kappa shape index (κ3) is 4.74. The smallest absolute Gasteiger partial charge is 0.225 e. The number of aryl methyl sites for hydroxylation is 1. The molecule has 2 aromatic heterocycles. The van der Waals surface area contributed by atoms with Gasteiger partial charge in [0, 0.05) is 49.8 Å². The molecule has 0 saturated carbocycles. The summed E-state index contributed by atoms with van der Waals surface area (Å²) in [5.74, 6) is 2.49. The fourth-order valence-electron chi connectivity index (χ4n) is 3.45. The average Bonchev–Trinajstić information content (AvgIpc) is 2.78. The number of benzene rings is 1. The first-order valence-corrected chi connectivity index (χ1v) is 9.85. The zero-order valence-corrected chi connectivity index (χ0v) is 16.9. The Morgan fingerprint density at radius 1 is 0.966 bits per heavy atom. The lowest BCUT2D eigenvalue weighted by atomic mass is 10.2. The lowest BCUT2D eigenvalue weighted by Gasteiger charge is -2.37. The van der Waals surface area contributed by atoms with Crippen LogP contribution in [0, 0.1) is 6.92 Å². The van der Waals surface area contributed by atoms with Gasteiger partial charge in [0.05, 0.1) is 19.3 Å². The van der Waals surface area contributed by atoms with Crippen LogP contribution in [0.25, 0.3) is 0 Å². The van der Waals surface area contributed by atoms with E-state index >= 15 is 0 Å². The van der Waals surface area contributed by atoms with Crippen LogP contribution in [0.2, 0.25) is 0 Å². The summed E-state index contributed by atoms with van der Waals surface area (Å²) in [5, 5.41) is 3.29. The van der Waals surface area contributed by atoms with Gasteiger partial charge < -0.3 is 19.9 Å². The Labute approximate surface area is 171 Å². The molecule has 1 aromatic carbocycles. The van der Waals surface area contributed by atoms with Crippen LogP contribution in [-0.2, 0) is 6.54 Å². The van der Waals surface area contributed by atoms with Crippen LogP contribution in [0.15, 0.2) is 54.7 Å². The lowest BCUT2D eigenvalue weighted by Crippen LogP contribution is -2.46. The Kier molecular flexibility index (Phi) is 5.74. The molecular formula is C22H26N6O. The number of methoxy groups -OCH3 is 1. The van der Waals surface area contributed by atoms with Crippen LogP contribution in [0.1, 0.15) is 11.4 Å². The van der Waals surface area contributed by atoms with Crippen LogP contribution >= 0.6 is 0 Å². The zero-order valence-electron chi connectivity index (χ0n) is 16.9. The Balaban J connectivity index is 1.39. The van der Waals surface area contributed by atoms with Gasteiger partial charge >= 0.3 is 0 Å². The maximum atomic E-state index is 5.25. The van der Waals surface area contributed by atoms with Crippen molar-refractivity contribution in [3.05, 3.63) is 66.1 Å². The molecule has 1 N–H and O–H groups in total. The molecule has 0 unspecified atom stereocenters. The highest BCUT2D eigenvalue weighted by Crippen LogP contribution is 2.23. The molecule has 7 nitrogen and oxygen atoms in total. The summed E-state index contributed by atoms with van der Waals surface area (Å²) >= 11 is 0. The van der Waals surface area contributed by atoms with Gasteiger partial charge in [0.1, 0.15) is 11.6 Å². The minimum absolute atomic E-state index is 0.606. The number of rotatable bonds is 6. The van der Waals surface area contributed by atoms with Crippen LogP contribution < -0.4 is 19.9 Å². The molecule has 0 atom stereocenters. The fourth-order valence-corrected chi connectivity index (χ4v) is 3.45. The standard InChI is InChI=1S/C22H26N6O/c1-17-15-21(26-22(25-17)24-16-18-5-3-4-10-23-18)28-13-11-27(12-14-28)19-6-8-20(29-2)9-7-19/h3-10,15H,11-14,16H2,1-2H3,(H,24,25,26). The van der Waals surface area contributed by atoms with Gasteiger partial charge in [-0.05, 0) is 43.3 Å². The van der Waals surface area contributed by atoms with Gasteiger partial charge in [-0.15, -0.1) is 0 Å². The summed E-state index contributed by atoms with van der Waals surface area (Å²) in [6.07, 6.45) is 1.79. The van der Waals surface area contributed by atoms with Crippen LogP contribution in [0.3, 0.4) is 0 Å². The maximum Gasteiger partial charge on any atom is 0.225 e. The van der Waals surface area contributed by atoms with Gasteiger partial charge in [0.15, 0.2) is 0 Å². The molecule has 1 saturated heterocycles. The molecule has 0 amide bonds. The molecule has 4 rings (SSSR count). The van der Waals surface area contributed by atoms with E-state index in [9.17, 15) is 0 Å². The van der Waals surface area contributed by atoms with Crippen LogP contribution in [0.4, 0.5) is 17.5 Å². The predicted octanol–water partition coefficient (Wildman–Crippen LogP) is 3.13. The molecular weight excluding hydrogens is 364 g/mol. The minimum atomic E-state index is 0.606. The first-order chi connectivity index (χ1) is 14.2. The van der Waals surface area contributed by atoms with Crippen molar-refractivity contribution in [3.63, 3.8) is 0 Å². The van der Waals surface area contributed by atoms with Crippen molar-refractivity contribution in [2.75, 3.05) is 48.4 Å². The van der Waals surface area contributed by atoms with Crippen molar-refractivity contribution in [2.45, 2.75) is 13.5 Å². The third-order valence-corrected chi connectivity index (χ3v) is 5.04. The first kappa shape index (κ1) is 19.0. The van der Waals surface area contributed by atoms with E-state index < -0.39 is 0 Å². The Hall–Kier alpha value is -3.35. The molecule has 0 bridgehead atoms. The molecule has 7 heteroatoms. The molecule has 0 aliphatic carbocycles. The number of aromatic nitrogens is 3. The summed E-state index contributed by atoms with van der Waals surface area (Å²) in [6, 6.07) is 16.2. The SMILES string of the molecule is COc1ccc(N2CCN(c3cc(C)nc(NCc4ccccn4)n3)CC2)cc1. The van der Waals surface area contributed by atoms with Crippen molar-refractivity contribution < 1.29 is 4.74 Å². The normalized spacial score (nSPS) is 14.0. The molecule has 1 aliphatic rings. The van der Waals surface area contributed by atoms with Crippen molar-refractivity contribution >= 4 is 17.5 Å². The molecule has 1 fully saturated rings. The average molecular weight is 390 g/mol. The number of hydrogen-bond donors (Lipinski definition) is 1. The van der Waals surface area contributed by atoms with Crippen LogP contribution in [0.5, 0.6) is 5.75 Å². The summed E-state index contributed by atoms with van der Waals surface area (Å²) in [4.78, 5) is 18.3. The fraction of sp³-hybridized carbons (Fsp3) is 0.318. The third-order valence-electron chi connectivity index (χ3n) is 5.04. The lowest BCUT2D eigenvalue weighted by molar-refractivity contribution is 0.415. The minimum Gasteiger partial charge on any atom is -0.497 e. The van der Waals surface area contributed by atoms with Crippen molar-refractivity contribution in [1.82, 2.24) is 15.0 Å². The van der Waals surface area contributed by atoms with Crippen LogP contribution in [-0.4, -0.2) is 48.2 Å². The summed E-state index contributed by atoms with van der Waals surface area (Å²) in [7, 11) is 1.69. The highest BCUT2D eigenvalue weighted by Gasteiger charge is 2.19. The van der Waals surface area contributed by atoms with Gasteiger partial charge in [0.2, 0.25) is 5.95 Å². The van der Waals surface area contributed by atoms with Crippen molar-refractivity contribution in [3.8, 4) is 5.75 Å². The maximum absolute atomic E-state index is 5.25. The summed E-state index contributed by atoms with van der Waals surface area (Å²) in [5.41, 5.74) is 3.14. The van der Waals surface area contributed by atoms with Crippen molar-refractivity contribution in [2.24, 2.45) is 0 Å². The Bertz CT molecular complexity index is 924. The molecule has 3 aromatic rings. The molecule has 0 spiro atoms. The van der Waals surface area contributed by atoms with Gasteiger partial charge in [-0.3, -0.25) is 4.98 Å². The number of nitrogens with one attached hydrogen (secondary N) is 1. The second kappa shape index (κ2) is 8.77. The van der Waals surface area contributed by atoms with Gasteiger partial charge in [-0.2, -0.15) is 4.98 Å². The quantitative estimate of drug-likeness (QED) is 0.694. The highest BCUT2D eigenvalue weighted by molar-refractivity contribution is 5.52. The molecule has 150 valence electrons. The highest BCUT2D eigenvalue weighted by atomic mass is 16.5. The molecule has 3 heterocycles. The van der Waals surface area contributed by atoms with Crippen molar-refractivity contribution in [1.29, 1.82) is 0 Å². The number of pyridine rings is 1. The monoisotopic (exact) mass is 390 g/mol. The predicted molar refractivity (Wildman–Crippen MR) is 116 cm³/mol. The number of ether oxygens (including phenoxy) is 1. The van der Waals surface area contributed by atoms with E-state index in [0.717, 1.165) is 49.1 Å². The Morgan fingerprint density at radius 3 is 2.41 bits per heavy atom. The number of piperazine rings is 1. The molecule has 29 heavy (non-hydrogen) atoms. The second-order valence-corrected chi connectivity index (χ2v) is 7.04. The molecule has 1 aliphatic heterocycles. The van der Waals surface area contributed by atoms with E-state index in [2.05, 4.69) is 43.3 Å². The topological polar surface area (TPSA) is 66.4 Å².